The van der Waals surface area contributed by atoms with Crippen molar-refractivity contribution < 1.29 is 4.39 Å². The summed E-state index contributed by atoms with van der Waals surface area (Å²) in [4.78, 5) is 12.1. The topological polar surface area (TPSA) is 67.3 Å². The maximum atomic E-state index is 13.3. The van der Waals surface area contributed by atoms with Crippen LogP contribution in [-0.4, -0.2) is 25.1 Å². The summed E-state index contributed by atoms with van der Waals surface area (Å²) in [6.45, 7) is 0. The van der Waals surface area contributed by atoms with E-state index < -0.39 is 5.82 Å². The van der Waals surface area contributed by atoms with Crippen LogP contribution in [0.5, 0.6) is 0 Å². The molecule has 0 aliphatic rings. The third kappa shape index (κ3) is 2.35. The molecule has 0 saturated carbocycles. The van der Waals surface area contributed by atoms with Crippen molar-refractivity contribution in [2.45, 2.75) is 0 Å². The van der Waals surface area contributed by atoms with Crippen molar-refractivity contribution in [1.29, 1.82) is 0 Å². The average molecular weight is 310 g/mol. The number of rotatable bonds is 2. The molecule has 0 fully saturated rings. The van der Waals surface area contributed by atoms with Gasteiger partial charge in [0.15, 0.2) is 11.6 Å². The Balaban J connectivity index is 2.14. The highest BCUT2D eigenvalue weighted by molar-refractivity contribution is 6.37. The first-order valence-corrected chi connectivity index (χ1v) is 6.25. The molecule has 8 heteroatoms. The molecule has 5 nitrogen and oxygen atoms in total. The van der Waals surface area contributed by atoms with Crippen LogP contribution in [0.3, 0.4) is 0 Å². The van der Waals surface area contributed by atoms with Crippen molar-refractivity contribution >= 4 is 23.2 Å². The molecule has 0 amide bonds. The second kappa shape index (κ2) is 5.15. The van der Waals surface area contributed by atoms with E-state index in [0.29, 0.717) is 17.0 Å². The number of halogens is 3. The molecule has 0 aliphatic carbocycles. The summed E-state index contributed by atoms with van der Waals surface area (Å²) in [6, 6.07) is 5.87. The molecule has 1 aromatic carbocycles. The molecule has 0 saturated heterocycles. The van der Waals surface area contributed by atoms with Gasteiger partial charge in [0.1, 0.15) is 22.5 Å². The van der Waals surface area contributed by atoms with Gasteiger partial charge in [-0.1, -0.05) is 35.3 Å². The van der Waals surface area contributed by atoms with Crippen molar-refractivity contribution in [3.8, 4) is 22.8 Å². The molecule has 0 unspecified atom stereocenters. The fourth-order valence-corrected chi connectivity index (χ4v) is 2.31. The first kappa shape index (κ1) is 13.0. The Kier molecular flexibility index (Phi) is 3.33. The number of nitrogens with one attached hydrogen (secondary N) is 1. The molecule has 3 aromatic rings. The largest absolute Gasteiger partial charge is 0.257 e. The van der Waals surface area contributed by atoms with Crippen LogP contribution in [-0.2, 0) is 0 Å². The van der Waals surface area contributed by atoms with E-state index in [-0.39, 0.29) is 16.1 Å². The Morgan fingerprint density at radius 3 is 2.45 bits per heavy atom. The van der Waals surface area contributed by atoms with E-state index in [1.165, 1.54) is 18.5 Å². The van der Waals surface area contributed by atoms with E-state index in [2.05, 4.69) is 25.1 Å². The monoisotopic (exact) mass is 309 g/mol. The molecule has 0 aliphatic heterocycles. The molecule has 20 heavy (non-hydrogen) atoms. The summed E-state index contributed by atoms with van der Waals surface area (Å²) < 4.78 is 13.3. The van der Waals surface area contributed by atoms with Crippen LogP contribution in [0, 0.1) is 5.82 Å². The van der Waals surface area contributed by atoms with Crippen LogP contribution in [0.1, 0.15) is 0 Å². The average Bonchev–Trinajstić information content (AvgIpc) is 2.91. The van der Waals surface area contributed by atoms with Gasteiger partial charge in [-0.3, -0.25) is 5.10 Å². The standard InChI is InChI=1S/C12H6Cl2FN5/c13-9-8(6-2-1-3-7(15)4-6)10(14)19-12(18-9)11-16-5-17-20-11/h1-5H,(H,16,17,20). The van der Waals surface area contributed by atoms with Gasteiger partial charge in [-0.05, 0) is 17.7 Å². The summed E-state index contributed by atoms with van der Waals surface area (Å²) in [5.41, 5.74) is 0.875. The van der Waals surface area contributed by atoms with E-state index >= 15 is 0 Å². The Labute approximate surface area is 122 Å². The van der Waals surface area contributed by atoms with Gasteiger partial charge in [0, 0.05) is 0 Å². The number of aromatic amines is 1. The van der Waals surface area contributed by atoms with E-state index in [1.54, 1.807) is 12.1 Å². The number of H-pyrrole nitrogens is 1. The van der Waals surface area contributed by atoms with Gasteiger partial charge in [-0.2, -0.15) is 5.10 Å². The van der Waals surface area contributed by atoms with Gasteiger partial charge in [-0.15, -0.1) is 0 Å². The smallest absolute Gasteiger partial charge is 0.200 e. The molecule has 100 valence electrons. The molecule has 0 spiro atoms. The predicted molar refractivity (Wildman–Crippen MR) is 72.8 cm³/mol. The van der Waals surface area contributed by atoms with Crippen LogP contribution >= 0.6 is 23.2 Å². The molecule has 3 rings (SSSR count). The first-order valence-electron chi connectivity index (χ1n) is 5.50. The summed E-state index contributed by atoms with van der Waals surface area (Å²) in [7, 11) is 0. The number of hydrogen-bond acceptors (Lipinski definition) is 4. The minimum absolute atomic E-state index is 0.113. The van der Waals surface area contributed by atoms with E-state index in [1.807, 2.05) is 0 Å². The fraction of sp³-hybridized carbons (Fsp3) is 0. The third-order valence-electron chi connectivity index (χ3n) is 2.56. The number of benzene rings is 1. The quantitative estimate of drug-likeness (QED) is 0.737. The lowest BCUT2D eigenvalue weighted by atomic mass is 10.1. The normalized spacial score (nSPS) is 10.8. The maximum Gasteiger partial charge on any atom is 0.200 e. The highest BCUT2D eigenvalue weighted by Crippen LogP contribution is 2.33. The molecule has 0 atom stereocenters. The van der Waals surface area contributed by atoms with E-state index in [4.69, 9.17) is 23.2 Å². The number of nitrogens with zero attached hydrogens (tertiary/aromatic N) is 4. The lowest BCUT2D eigenvalue weighted by Crippen LogP contribution is -1.96. The minimum Gasteiger partial charge on any atom is -0.257 e. The Hall–Kier alpha value is -2.05. The summed E-state index contributed by atoms with van der Waals surface area (Å²) in [6.07, 6.45) is 1.32. The number of aromatic nitrogens is 5. The second-order valence-electron chi connectivity index (χ2n) is 3.85. The van der Waals surface area contributed by atoms with Gasteiger partial charge in [0.05, 0.1) is 5.56 Å². The van der Waals surface area contributed by atoms with Gasteiger partial charge in [-0.25, -0.2) is 19.3 Å². The zero-order valence-corrected chi connectivity index (χ0v) is 11.3. The minimum atomic E-state index is -0.394. The third-order valence-corrected chi connectivity index (χ3v) is 3.11. The van der Waals surface area contributed by atoms with Crippen molar-refractivity contribution in [3.05, 3.63) is 46.7 Å². The molecular weight excluding hydrogens is 304 g/mol. The zero-order valence-electron chi connectivity index (χ0n) is 9.81. The fourth-order valence-electron chi connectivity index (χ4n) is 1.71. The molecule has 0 radical (unpaired) electrons. The van der Waals surface area contributed by atoms with Crippen LogP contribution < -0.4 is 0 Å². The SMILES string of the molecule is Fc1cccc(-c2c(Cl)nc(-c3ncn[nH]3)nc2Cl)c1. The Bertz CT molecular complexity index is 737. The van der Waals surface area contributed by atoms with Crippen molar-refractivity contribution in [2.24, 2.45) is 0 Å². The first-order chi connectivity index (χ1) is 9.65. The molecular formula is C12H6Cl2FN5. The van der Waals surface area contributed by atoms with Crippen LogP contribution in [0.2, 0.25) is 10.3 Å². The molecule has 2 aromatic heterocycles. The highest BCUT2D eigenvalue weighted by Gasteiger charge is 2.16. The van der Waals surface area contributed by atoms with E-state index in [9.17, 15) is 4.39 Å². The van der Waals surface area contributed by atoms with Crippen LogP contribution in [0.4, 0.5) is 4.39 Å². The highest BCUT2D eigenvalue weighted by atomic mass is 35.5. The second-order valence-corrected chi connectivity index (χ2v) is 4.56. The number of hydrogen-bond donors (Lipinski definition) is 1. The van der Waals surface area contributed by atoms with Gasteiger partial charge >= 0.3 is 0 Å². The van der Waals surface area contributed by atoms with Crippen molar-refractivity contribution in [1.82, 2.24) is 25.1 Å². The Morgan fingerprint density at radius 1 is 1.10 bits per heavy atom. The molecule has 0 bridgehead atoms. The lowest BCUT2D eigenvalue weighted by Gasteiger charge is -2.07. The van der Waals surface area contributed by atoms with Crippen molar-refractivity contribution in [2.75, 3.05) is 0 Å². The summed E-state index contributed by atoms with van der Waals surface area (Å²) >= 11 is 12.2. The summed E-state index contributed by atoms with van der Waals surface area (Å²) in [5.74, 6) is 0.172. The van der Waals surface area contributed by atoms with Gasteiger partial charge < -0.3 is 0 Å². The maximum absolute atomic E-state index is 13.3. The van der Waals surface area contributed by atoms with Gasteiger partial charge in [0.2, 0.25) is 0 Å². The van der Waals surface area contributed by atoms with E-state index in [0.717, 1.165) is 0 Å². The van der Waals surface area contributed by atoms with Crippen molar-refractivity contribution in [3.63, 3.8) is 0 Å². The lowest BCUT2D eigenvalue weighted by molar-refractivity contribution is 0.628. The zero-order chi connectivity index (χ0) is 14.1. The van der Waals surface area contributed by atoms with Gasteiger partial charge in [0.25, 0.3) is 0 Å². The Morgan fingerprint density at radius 2 is 1.85 bits per heavy atom. The predicted octanol–water partition coefficient (Wildman–Crippen LogP) is 3.37. The van der Waals surface area contributed by atoms with Crippen LogP contribution in [0.15, 0.2) is 30.6 Å². The molecule has 1 N–H and O–H groups in total. The summed E-state index contributed by atoms with van der Waals surface area (Å²) in [5, 5.41) is 6.54. The molecule has 2 heterocycles. The van der Waals surface area contributed by atoms with Crippen LogP contribution in [0.25, 0.3) is 22.8 Å².